The number of halogens is 1. The van der Waals surface area contributed by atoms with Crippen molar-refractivity contribution in [2.75, 3.05) is 5.75 Å². The van der Waals surface area contributed by atoms with Crippen molar-refractivity contribution >= 4 is 55.2 Å². The summed E-state index contributed by atoms with van der Waals surface area (Å²) in [7, 11) is 0. The molecule has 6 heteroatoms. The van der Waals surface area contributed by atoms with Crippen molar-refractivity contribution in [2.24, 2.45) is 0 Å². The summed E-state index contributed by atoms with van der Waals surface area (Å²) in [5, 5.41) is 8.55. The van der Waals surface area contributed by atoms with E-state index in [1.807, 2.05) is 18.2 Å². The van der Waals surface area contributed by atoms with Crippen molar-refractivity contribution in [3.63, 3.8) is 0 Å². The molecule has 0 spiro atoms. The van der Waals surface area contributed by atoms with Gasteiger partial charge in [-0.2, -0.15) is 0 Å². The highest BCUT2D eigenvalue weighted by Crippen LogP contribution is 2.32. The standard InChI is InChI=1S/C9H6BrNO2S2/c10-5-2-1-3-6-8(5)11-9(15-6)14-4-7(12)13/h1-3H,4H2,(H,12,13). The second kappa shape index (κ2) is 4.51. The topological polar surface area (TPSA) is 50.2 Å². The van der Waals surface area contributed by atoms with Crippen molar-refractivity contribution in [2.45, 2.75) is 4.34 Å². The molecule has 0 saturated carbocycles. The Kier molecular flexibility index (Phi) is 3.28. The van der Waals surface area contributed by atoms with Gasteiger partial charge >= 0.3 is 5.97 Å². The number of hydrogen-bond acceptors (Lipinski definition) is 4. The van der Waals surface area contributed by atoms with Gasteiger partial charge in [0.25, 0.3) is 0 Å². The van der Waals surface area contributed by atoms with Crippen LogP contribution in [0.1, 0.15) is 0 Å². The quantitative estimate of drug-likeness (QED) is 0.885. The fraction of sp³-hybridized carbons (Fsp3) is 0.111. The van der Waals surface area contributed by atoms with Crippen LogP contribution in [0, 0.1) is 0 Å². The molecule has 15 heavy (non-hydrogen) atoms. The molecule has 0 bridgehead atoms. The number of benzene rings is 1. The van der Waals surface area contributed by atoms with E-state index in [1.54, 1.807) is 0 Å². The van der Waals surface area contributed by atoms with Crippen LogP contribution in [0.15, 0.2) is 27.0 Å². The fourth-order valence-corrected chi connectivity index (χ4v) is 3.47. The van der Waals surface area contributed by atoms with E-state index in [-0.39, 0.29) is 5.75 Å². The Morgan fingerprint density at radius 1 is 1.60 bits per heavy atom. The molecule has 1 N–H and O–H groups in total. The minimum atomic E-state index is -0.821. The lowest BCUT2D eigenvalue weighted by molar-refractivity contribution is -0.133. The molecule has 1 aromatic carbocycles. The van der Waals surface area contributed by atoms with Gasteiger partial charge < -0.3 is 5.11 Å². The number of carboxylic acids is 1. The van der Waals surface area contributed by atoms with Gasteiger partial charge in [0, 0.05) is 4.47 Å². The molecule has 0 radical (unpaired) electrons. The van der Waals surface area contributed by atoms with Crippen molar-refractivity contribution in [3.05, 3.63) is 22.7 Å². The van der Waals surface area contributed by atoms with Gasteiger partial charge in [-0.3, -0.25) is 4.79 Å². The molecule has 78 valence electrons. The van der Waals surface area contributed by atoms with Crippen LogP contribution in [0.5, 0.6) is 0 Å². The maximum atomic E-state index is 10.4. The first-order chi connectivity index (χ1) is 7.16. The van der Waals surface area contributed by atoms with Gasteiger partial charge in [0.05, 0.1) is 16.0 Å². The Balaban J connectivity index is 2.31. The number of hydrogen-bond donors (Lipinski definition) is 1. The predicted octanol–water partition coefficient (Wildman–Crippen LogP) is 3.24. The van der Waals surface area contributed by atoms with Crippen LogP contribution < -0.4 is 0 Å². The highest BCUT2D eigenvalue weighted by molar-refractivity contribution is 9.10. The molecule has 2 aromatic rings. The number of carboxylic acid groups (broad SMARTS) is 1. The molecule has 1 heterocycles. The summed E-state index contributed by atoms with van der Waals surface area (Å²) in [6, 6.07) is 5.84. The number of thiazole rings is 1. The van der Waals surface area contributed by atoms with Gasteiger partial charge in [0.15, 0.2) is 4.34 Å². The number of thioether (sulfide) groups is 1. The van der Waals surface area contributed by atoms with Crippen LogP contribution in [0.3, 0.4) is 0 Å². The third-order valence-electron chi connectivity index (χ3n) is 1.67. The monoisotopic (exact) mass is 303 g/mol. The molecule has 0 aliphatic rings. The van der Waals surface area contributed by atoms with Crippen molar-refractivity contribution < 1.29 is 9.90 Å². The van der Waals surface area contributed by atoms with Crippen molar-refractivity contribution in [3.8, 4) is 0 Å². The molecule has 0 amide bonds. The van der Waals surface area contributed by atoms with Crippen LogP contribution in [-0.2, 0) is 4.79 Å². The second-order valence-corrected chi connectivity index (χ2v) is 5.86. The third kappa shape index (κ3) is 2.50. The van der Waals surface area contributed by atoms with Crippen molar-refractivity contribution in [1.29, 1.82) is 0 Å². The van der Waals surface area contributed by atoms with Crippen molar-refractivity contribution in [1.82, 2.24) is 4.98 Å². The maximum Gasteiger partial charge on any atom is 0.313 e. The zero-order valence-corrected chi connectivity index (χ0v) is 10.7. The summed E-state index contributed by atoms with van der Waals surface area (Å²) in [4.78, 5) is 14.8. The van der Waals surface area contributed by atoms with E-state index in [2.05, 4.69) is 20.9 Å². The van der Waals surface area contributed by atoms with E-state index in [4.69, 9.17) is 5.11 Å². The number of fused-ring (bicyclic) bond motifs is 1. The van der Waals surface area contributed by atoms with E-state index >= 15 is 0 Å². The Bertz CT molecular complexity index is 512. The Morgan fingerprint density at radius 3 is 3.07 bits per heavy atom. The number of carbonyl (C=O) groups is 1. The number of aliphatic carboxylic acids is 1. The maximum absolute atomic E-state index is 10.4. The molecule has 0 saturated heterocycles. The normalized spacial score (nSPS) is 10.7. The molecular formula is C9H6BrNO2S2. The first-order valence-corrected chi connectivity index (χ1v) is 6.66. The lowest BCUT2D eigenvalue weighted by Gasteiger charge is -1.89. The summed E-state index contributed by atoms with van der Waals surface area (Å²) in [5.74, 6) is -0.768. The minimum Gasteiger partial charge on any atom is -0.481 e. The molecule has 1 aromatic heterocycles. The first-order valence-electron chi connectivity index (χ1n) is 4.06. The SMILES string of the molecule is O=C(O)CSc1nc2c(Br)cccc2s1. The third-order valence-corrected chi connectivity index (χ3v) is 4.46. The second-order valence-electron chi connectivity index (χ2n) is 2.75. The minimum absolute atomic E-state index is 0.0530. The smallest absolute Gasteiger partial charge is 0.313 e. The average Bonchev–Trinajstić information content (AvgIpc) is 2.59. The lowest BCUT2D eigenvalue weighted by Crippen LogP contribution is -1.96. The van der Waals surface area contributed by atoms with E-state index in [1.165, 1.54) is 23.1 Å². The molecule has 0 atom stereocenters. The average molecular weight is 304 g/mol. The van der Waals surface area contributed by atoms with E-state index in [0.29, 0.717) is 0 Å². The summed E-state index contributed by atoms with van der Waals surface area (Å²) < 4.78 is 2.80. The summed E-state index contributed by atoms with van der Waals surface area (Å²) >= 11 is 6.17. The van der Waals surface area contributed by atoms with E-state index < -0.39 is 5.97 Å². The Morgan fingerprint density at radius 2 is 2.40 bits per heavy atom. The summed E-state index contributed by atoms with van der Waals surface area (Å²) in [6.07, 6.45) is 0. The van der Waals surface area contributed by atoms with Crippen LogP contribution in [0.25, 0.3) is 10.2 Å². The van der Waals surface area contributed by atoms with Gasteiger partial charge in [-0.25, -0.2) is 4.98 Å². The zero-order valence-electron chi connectivity index (χ0n) is 7.44. The number of aromatic nitrogens is 1. The first kappa shape index (κ1) is 10.9. The largest absolute Gasteiger partial charge is 0.481 e. The summed E-state index contributed by atoms with van der Waals surface area (Å²) in [5.41, 5.74) is 0.899. The molecule has 0 aliphatic carbocycles. The molecule has 0 fully saturated rings. The number of rotatable bonds is 3. The van der Waals surface area contributed by atoms with Crippen LogP contribution in [-0.4, -0.2) is 21.8 Å². The number of para-hydroxylation sites is 1. The molecule has 0 aliphatic heterocycles. The van der Waals surface area contributed by atoms with E-state index in [9.17, 15) is 4.79 Å². The highest BCUT2D eigenvalue weighted by Gasteiger charge is 2.08. The molecular weight excluding hydrogens is 298 g/mol. The van der Waals surface area contributed by atoms with Crippen LogP contribution in [0.4, 0.5) is 0 Å². The highest BCUT2D eigenvalue weighted by atomic mass is 79.9. The fourth-order valence-electron chi connectivity index (χ4n) is 1.08. The summed E-state index contributed by atoms with van der Waals surface area (Å²) in [6.45, 7) is 0. The van der Waals surface area contributed by atoms with Gasteiger partial charge in [-0.1, -0.05) is 17.8 Å². The predicted molar refractivity (Wildman–Crippen MR) is 65.7 cm³/mol. The zero-order chi connectivity index (χ0) is 10.8. The van der Waals surface area contributed by atoms with Gasteiger partial charge in [0.1, 0.15) is 0 Å². The lowest BCUT2D eigenvalue weighted by atomic mass is 10.3. The Hall–Kier alpha value is -0.590. The molecule has 2 rings (SSSR count). The van der Waals surface area contributed by atoms with Gasteiger partial charge in [-0.15, -0.1) is 11.3 Å². The van der Waals surface area contributed by atoms with Crippen LogP contribution in [0.2, 0.25) is 0 Å². The van der Waals surface area contributed by atoms with E-state index in [0.717, 1.165) is 19.0 Å². The van der Waals surface area contributed by atoms with Crippen LogP contribution >= 0.6 is 39.0 Å². The molecule has 0 unspecified atom stereocenters. The Labute approximate surface area is 103 Å². The molecule has 3 nitrogen and oxygen atoms in total. The number of nitrogens with zero attached hydrogens (tertiary/aromatic N) is 1. The van der Waals surface area contributed by atoms with Gasteiger partial charge in [-0.05, 0) is 28.1 Å². The van der Waals surface area contributed by atoms with Gasteiger partial charge in [0.2, 0.25) is 0 Å².